The van der Waals surface area contributed by atoms with Gasteiger partial charge < -0.3 is 14.2 Å². The number of rotatable bonds is 7. The van der Waals surface area contributed by atoms with Crippen LogP contribution in [0.3, 0.4) is 0 Å². The Hall–Kier alpha value is -2.22. The van der Waals surface area contributed by atoms with E-state index in [1.165, 1.54) is 7.11 Å². The Morgan fingerprint density at radius 2 is 1.86 bits per heavy atom. The first-order valence-corrected chi connectivity index (χ1v) is 7.15. The van der Waals surface area contributed by atoms with Gasteiger partial charge in [0, 0.05) is 6.42 Å². The third-order valence-corrected chi connectivity index (χ3v) is 4.03. The minimum atomic E-state index is -0.784. The Morgan fingerprint density at radius 3 is 2.32 bits per heavy atom. The summed E-state index contributed by atoms with van der Waals surface area (Å²) >= 11 is 0. The smallest absolute Gasteiger partial charge is 0.305 e. The van der Waals surface area contributed by atoms with Crippen molar-refractivity contribution in [1.82, 2.24) is 0 Å². The van der Waals surface area contributed by atoms with Crippen LogP contribution in [-0.4, -0.2) is 27.3 Å². The van der Waals surface area contributed by atoms with Crippen molar-refractivity contribution in [1.29, 1.82) is 5.26 Å². The lowest BCUT2D eigenvalue weighted by atomic mass is 9.70. The molecule has 1 aromatic rings. The largest absolute Gasteiger partial charge is 0.493 e. The molecule has 0 spiro atoms. The molecular weight excluding hydrogens is 282 g/mol. The van der Waals surface area contributed by atoms with Gasteiger partial charge in [0.25, 0.3) is 0 Å². The predicted octanol–water partition coefficient (Wildman–Crippen LogP) is 3.07. The quantitative estimate of drug-likeness (QED) is 0.724. The van der Waals surface area contributed by atoms with Gasteiger partial charge in [0.05, 0.1) is 32.8 Å². The van der Waals surface area contributed by atoms with Crippen molar-refractivity contribution in [3.63, 3.8) is 0 Å². The summed E-state index contributed by atoms with van der Waals surface area (Å²) in [6.45, 7) is 3.94. The van der Waals surface area contributed by atoms with Crippen molar-refractivity contribution >= 4 is 5.97 Å². The number of ether oxygens (including phenoxy) is 3. The van der Waals surface area contributed by atoms with Crippen molar-refractivity contribution in [2.24, 2.45) is 5.92 Å². The second kappa shape index (κ2) is 7.69. The van der Waals surface area contributed by atoms with E-state index in [9.17, 15) is 10.1 Å². The molecule has 1 atom stereocenters. The van der Waals surface area contributed by atoms with Gasteiger partial charge in [0.2, 0.25) is 0 Å². The Bertz CT molecular complexity index is 562. The fraction of sp³-hybridized carbons (Fsp3) is 0.529. The van der Waals surface area contributed by atoms with Crippen LogP contribution in [0, 0.1) is 17.2 Å². The molecule has 1 aromatic carbocycles. The molecule has 0 unspecified atom stereocenters. The van der Waals surface area contributed by atoms with Crippen LogP contribution in [0.2, 0.25) is 0 Å². The highest BCUT2D eigenvalue weighted by Crippen LogP contribution is 2.40. The fourth-order valence-electron chi connectivity index (χ4n) is 2.53. The molecule has 0 fully saturated rings. The standard InChI is InChI=1S/C17H23NO4/c1-12(2)17(11-18,9-8-16(19)22-5)13-6-7-14(20-3)15(10-13)21-4/h6-7,10,12H,8-9H2,1-5H3/t17-/m0/s1. The summed E-state index contributed by atoms with van der Waals surface area (Å²) < 4.78 is 15.2. The molecule has 0 bridgehead atoms. The average molecular weight is 305 g/mol. The van der Waals surface area contributed by atoms with E-state index in [4.69, 9.17) is 14.2 Å². The molecule has 0 radical (unpaired) electrons. The first-order valence-electron chi connectivity index (χ1n) is 7.15. The van der Waals surface area contributed by atoms with Gasteiger partial charge in [0.15, 0.2) is 11.5 Å². The maximum absolute atomic E-state index is 11.5. The molecule has 120 valence electrons. The number of benzene rings is 1. The Labute approximate surface area is 131 Å². The van der Waals surface area contributed by atoms with Crippen LogP contribution in [0.25, 0.3) is 0 Å². The predicted molar refractivity (Wildman–Crippen MR) is 82.9 cm³/mol. The van der Waals surface area contributed by atoms with Gasteiger partial charge in [0.1, 0.15) is 0 Å². The van der Waals surface area contributed by atoms with E-state index in [1.807, 2.05) is 19.9 Å². The van der Waals surface area contributed by atoms with E-state index in [2.05, 4.69) is 6.07 Å². The number of esters is 1. The molecule has 0 saturated carbocycles. The van der Waals surface area contributed by atoms with Gasteiger partial charge in [-0.25, -0.2) is 0 Å². The first kappa shape index (κ1) is 17.8. The second-order valence-electron chi connectivity index (χ2n) is 5.38. The van der Waals surface area contributed by atoms with Gasteiger partial charge >= 0.3 is 5.97 Å². The summed E-state index contributed by atoms with van der Waals surface area (Å²) in [4.78, 5) is 11.5. The molecule has 5 nitrogen and oxygen atoms in total. The van der Waals surface area contributed by atoms with E-state index < -0.39 is 5.41 Å². The molecule has 0 aliphatic rings. The molecule has 0 aliphatic carbocycles. The number of hydrogen-bond acceptors (Lipinski definition) is 5. The van der Waals surface area contributed by atoms with Gasteiger partial charge in [-0.15, -0.1) is 0 Å². The third-order valence-electron chi connectivity index (χ3n) is 4.03. The summed E-state index contributed by atoms with van der Waals surface area (Å²) in [5.41, 5.74) is 0.0276. The second-order valence-corrected chi connectivity index (χ2v) is 5.38. The zero-order chi connectivity index (χ0) is 16.8. The van der Waals surface area contributed by atoms with Crippen LogP contribution >= 0.6 is 0 Å². The Morgan fingerprint density at radius 1 is 1.23 bits per heavy atom. The molecule has 1 rings (SSSR count). The molecule has 0 heterocycles. The maximum Gasteiger partial charge on any atom is 0.305 e. The zero-order valence-electron chi connectivity index (χ0n) is 13.8. The molecular formula is C17H23NO4. The average Bonchev–Trinajstić information content (AvgIpc) is 2.54. The normalized spacial score (nSPS) is 13.1. The topological polar surface area (TPSA) is 68.6 Å². The Balaban J connectivity index is 3.27. The summed E-state index contributed by atoms with van der Waals surface area (Å²) in [5.74, 6) is 0.883. The van der Waals surface area contributed by atoms with E-state index in [0.717, 1.165) is 5.56 Å². The van der Waals surface area contributed by atoms with Crippen molar-refractivity contribution in [3.8, 4) is 17.6 Å². The number of carbonyl (C=O) groups is 1. The zero-order valence-corrected chi connectivity index (χ0v) is 13.8. The highest BCUT2D eigenvalue weighted by atomic mass is 16.5. The van der Waals surface area contributed by atoms with E-state index in [0.29, 0.717) is 17.9 Å². The lowest BCUT2D eigenvalue weighted by Gasteiger charge is -2.31. The summed E-state index contributed by atoms with van der Waals surface area (Å²) in [5, 5.41) is 9.80. The van der Waals surface area contributed by atoms with Gasteiger partial charge in [-0.1, -0.05) is 19.9 Å². The minimum absolute atomic E-state index is 0.0280. The van der Waals surface area contributed by atoms with Gasteiger partial charge in [-0.05, 0) is 30.0 Å². The van der Waals surface area contributed by atoms with Crippen LogP contribution in [0.5, 0.6) is 11.5 Å². The van der Waals surface area contributed by atoms with Crippen LogP contribution in [-0.2, 0) is 14.9 Å². The lowest BCUT2D eigenvalue weighted by Crippen LogP contribution is -2.31. The Kier molecular flexibility index (Phi) is 6.24. The van der Waals surface area contributed by atoms with Crippen LogP contribution in [0.15, 0.2) is 18.2 Å². The van der Waals surface area contributed by atoms with E-state index >= 15 is 0 Å². The van der Waals surface area contributed by atoms with Crippen molar-refractivity contribution in [2.45, 2.75) is 32.1 Å². The molecule has 0 saturated heterocycles. The van der Waals surface area contributed by atoms with Crippen LogP contribution < -0.4 is 9.47 Å². The number of carbonyl (C=O) groups excluding carboxylic acids is 1. The number of nitrogens with zero attached hydrogens (tertiary/aromatic N) is 1. The molecule has 0 N–H and O–H groups in total. The molecule has 5 heteroatoms. The third kappa shape index (κ3) is 3.51. The van der Waals surface area contributed by atoms with Gasteiger partial charge in [-0.3, -0.25) is 4.79 Å². The highest BCUT2D eigenvalue weighted by Gasteiger charge is 2.37. The summed E-state index contributed by atoms with van der Waals surface area (Å²) in [7, 11) is 4.47. The fourth-order valence-corrected chi connectivity index (χ4v) is 2.53. The lowest BCUT2D eigenvalue weighted by molar-refractivity contribution is -0.141. The van der Waals surface area contributed by atoms with Crippen molar-refractivity contribution in [2.75, 3.05) is 21.3 Å². The molecule has 0 amide bonds. The molecule has 0 aromatic heterocycles. The SMILES string of the molecule is COC(=O)CC[C@@](C#N)(c1ccc(OC)c(OC)c1)C(C)C. The molecule has 0 aliphatic heterocycles. The first-order chi connectivity index (χ1) is 10.4. The van der Waals surface area contributed by atoms with E-state index in [-0.39, 0.29) is 18.3 Å². The summed E-state index contributed by atoms with van der Waals surface area (Å²) in [6.07, 6.45) is 0.583. The highest BCUT2D eigenvalue weighted by molar-refractivity contribution is 5.69. The van der Waals surface area contributed by atoms with Crippen molar-refractivity contribution < 1.29 is 19.0 Å². The minimum Gasteiger partial charge on any atom is -0.493 e. The van der Waals surface area contributed by atoms with Gasteiger partial charge in [-0.2, -0.15) is 5.26 Å². The maximum atomic E-state index is 11.5. The monoisotopic (exact) mass is 305 g/mol. The van der Waals surface area contributed by atoms with Crippen molar-refractivity contribution in [3.05, 3.63) is 23.8 Å². The number of nitriles is 1. The summed E-state index contributed by atoms with van der Waals surface area (Å²) in [6, 6.07) is 7.83. The van der Waals surface area contributed by atoms with E-state index in [1.54, 1.807) is 26.4 Å². The molecule has 22 heavy (non-hydrogen) atoms. The van der Waals surface area contributed by atoms with Crippen LogP contribution in [0.4, 0.5) is 0 Å². The number of hydrogen-bond donors (Lipinski definition) is 0. The number of methoxy groups -OCH3 is 3. The van der Waals surface area contributed by atoms with Crippen LogP contribution in [0.1, 0.15) is 32.3 Å².